The van der Waals surface area contributed by atoms with E-state index in [1.54, 1.807) is 11.7 Å². The molecule has 6 heteroatoms. The van der Waals surface area contributed by atoms with Crippen molar-refractivity contribution in [2.45, 2.75) is 26.4 Å². The monoisotopic (exact) mass is 379 g/mol. The van der Waals surface area contributed by atoms with Gasteiger partial charge in [0.1, 0.15) is 5.69 Å². The minimum Gasteiger partial charge on any atom is -0.374 e. The first-order chi connectivity index (χ1) is 11.0. The molecule has 124 valence electrons. The predicted octanol–water partition coefficient (Wildman–Crippen LogP) is 3.39. The standard InChI is InChI=1S/C17H22BrN3O2/c1-12-15(18)16(21(3)20-12)17(22)19-10-7-11-23-13(2)14-8-5-4-6-9-14/h4-6,8-9,13H,7,10-11H2,1-3H3,(H,19,22)/t13-/m1/s1. The molecule has 0 aliphatic carbocycles. The number of halogens is 1. The van der Waals surface area contributed by atoms with E-state index in [0.717, 1.165) is 22.2 Å². The number of nitrogens with one attached hydrogen (secondary N) is 1. The van der Waals surface area contributed by atoms with Gasteiger partial charge in [0, 0.05) is 20.2 Å². The van der Waals surface area contributed by atoms with E-state index < -0.39 is 0 Å². The largest absolute Gasteiger partial charge is 0.374 e. The number of amides is 1. The number of benzene rings is 1. The lowest BCUT2D eigenvalue weighted by molar-refractivity contribution is 0.0634. The van der Waals surface area contributed by atoms with Crippen molar-refractivity contribution < 1.29 is 9.53 Å². The lowest BCUT2D eigenvalue weighted by Gasteiger charge is -2.13. The van der Waals surface area contributed by atoms with E-state index in [2.05, 4.69) is 38.5 Å². The third-order valence-electron chi connectivity index (χ3n) is 3.61. The Kier molecular flexibility index (Phi) is 6.36. The van der Waals surface area contributed by atoms with Crippen LogP contribution in [0.5, 0.6) is 0 Å². The quantitative estimate of drug-likeness (QED) is 0.750. The second kappa shape index (κ2) is 8.26. The highest BCUT2D eigenvalue weighted by Gasteiger charge is 2.17. The summed E-state index contributed by atoms with van der Waals surface area (Å²) in [5, 5.41) is 7.11. The van der Waals surface area contributed by atoms with Crippen molar-refractivity contribution in [2.75, 3.05) is 13.2 Å². The maximum Gasteiger partial charge on any atom is 0.270 e. The average Bonchev–Trinajstić information content (AvgIpc) is 2.80. The minimum absolute atomic E-state index is 0.0563. The molecule has 0 aliphatic rings. The molecule has 1 N–H and O–H groups in total. The molecule has 1 heterocycles. The Morgan fingerprint density at radius 1 is 1.39 bits per heavy atom. The Morgan fingerprint density at radius 3 is 2.70 bits per heavy atom. The summed E-state index contributed by atoms with van der Waals surface area (Å²) >= 11 is 3.40. The molecule has 2 rings (SSSR count). The van der Waals surface area contributed by atoms with Crippen molar-refractivity contribution in [1.29, 1.82) is 0 Å². The summed E-state index contributed by atoms with van der Waals surface area (Å²) in [6, 6.07) is 10.1. The van der Waals surface area contributed by atoms with Crippen LogP contribution in [0.25, 0.3) is 0 Å². The fourth-order valence-corrected chi connectivity index (χ4v) is 2.83. The third kappa shape index (κ3) is 4.65. The van der Waals surface area contributed by atoms with Gasteiger partial charge in [0.25, 0.3) is 5.91 Å². The average molecular weight is 380 g/mol. The van der Waals surface area contributed by atoms with Crippen LogP contribution in [0.15, 0.2) is 34.8 Å². The molecule has 1 aromatic heterocycles. The first kappa shape index (κ1) is 17.7. The molecule has 23 heavy (non-hydrogen) atoms. The van der Waals surface area contributed by atoms with E-state index in [9.17, 15) is 4.79 Å². The number of ether oxygens (including phenoxy) is 1. The van der Waals surface area contributed by atoms with Crippen LogP contribution in [0, 0.1) is 6.92 Å². The molecule has 0 fully saturated rings. The zero-order chi connectivity index (χ0) is 16.8. The van der Waals surface area contributed by atoms with Crippen LogP contribution in [0.3, 0.4) is 0 Å². The topological polar surface area (TPSA) is 56.2 Å². The molecule has 0 saturated heterocycles. The first-order valence-electron chi connectivity index (χ1n) is 7.64. The lowest BCUT2D eigenvalue weighted by Crippen LogP contribution is -2.27. The summed E-state index contributed by atoms with van der Waals surface area (Å²) in [7, 11) is 1.76. The summed E-state index contributed by atoms with van der Waals surface area (Å²) < 4.78 is 8.12. The Bertz CT molecular complexity index is 655. The van der Waals surface area contributed by atoms with Crippen molar-refractivity contribution in [2.24, 2.45) is 7.05 Å². The van der Waals surface area contributed by atoms with Crippen LogP contribution in [0.2, 0.25) is 0 Å². The van der Waals surface area contributed by atoms with E-state index in [0.29, 0.717) is 18.8 Å². The van der Waals surface area contributed by atoms with Crippen LogP contribution >= 0.6 is 15.9 Å². The van der Waals surface area contributed by atoms with Crippen molar-refractivity contribution >= 4 is 21.8 Å². The molecule has 0 aliphatic heterocycles. The van der Waals surface area contributed by atoms with Crippen molar-refractivity contribution in [3.05, 3.63) is 51.8 Å². The molecule has 2 aromatic rings. The van der Waals surface area contributed by atoms with Gasteiger partial charge >= 0.3 is 0 Å². The van der Waals surface area contributed by atoms with Gasteiger partial charge in [-0.3, -0.25) is 9.48 Å². The van der Waals surface area contributed by atoms with Gasteiger partial charge in [-0.25, -0.2) is 0 Å². The van der Waals surface area contributed by atoms with Gasteiger partial charge in [0.15, 0.2) is 0 Å². The van der Waals surface area contributed by atoms with Crippen molar-refractivity contribution in [3.8, 4) is 0 Å². The smallest absolute Gasteiger partial charge is 0.270 e. The molecule has 0 bridgehead atoms. The van der Waals surface area contributed by atoms with Crippen LogP contribution in [-0.2, 0) is 11.8 Å². The van der Waals surface area contributed by atoms with Gasteiger partial charge in [0.2, 0.25) is 0 Å². The molecule has 0 saturated carbocycles. The summed E-state index contributed by atoms with van der Waals surface area (Å²) in [4.78, 5) is 12.2. The molecule has 5 nitrogen and oxygen atoms in total. The number of hydrogen-bond donors (Lipinski definition) is 1. The second-order valence-electron chi connectivity index (χ2n) is 5.40. The van der Waals surface area contributed by atoms with Gasteiger partial charge in [-0.2, -0.15) is 5.10 Å². The number of carbonyl (C=O) groups excluding carboxylic acids is 1. The molecule has 1 atom stereocenters. The zero-order valence-corrected chi connectivity index (χ0v) is 15.3. The fraction of sp³-hybridized carbons (Fsp3) is 0.412. The Labute approximate surface area is 145 Å². The fourth-order valence-electron chi connectivity index (χ4n) is 2.32. The number of rotatable bonds is 7. The van der Waals surface area contributed by atoms with Crippen molar-refractivity contribution in [3.63, 3.8) is 0 Å². The van der Waals surface area contributed by atoms with E-state index >= 15 is 0 Å². The Balaban J connectivity index is 1.72. The highest BCUT2D eigenvalue weighted by molar-refractivity contribution is 9.10. The number of nitrogens with zero attached hydrogens (tertiary/aromatic N) is 2. The third-order valence-corrected chi connectivity index (χ3v) is 4.56. The normalized spacial score (nSPS) is 12.2. The van der Waals surface area contributed by atoms with Crippen molar-refractivity contribution in [1.82, 2.24) is 15.1 Å². The van der Waals surface area contributed by atoms with Crippen LogP contribution < -0.4 is 5.32 Å². The summed E-state index contributed by atoms with van der Waals surface area (Å²) in [5.74, 6) is -0.129. The number of aromatic nitrogens is 2. The molecule has 0 unspecified atom stereocenters. The lowest BCUT2D eigenvalue weighted by atomic mass is 10.1. The highest BCUT2D eigenvalue weighted by atomic mass is 79.9. The molecule has 0 spiro atoms. The molecular formula is C17H22BrN3O2. The maximum absolute atomic E-state index is 12.2. The summed E-state index contributed by atoms with van der Waals surface area (Å²) in [5.41, 5.74) is 2.50. The molecular weight excluding hydrogens is 358 g/mol. The van der Waals surface area contributed by atoms with Gasteiger partial charge in [0.05, 0.1) is 16.3 Å². The predicted molar refractivity (Wildman–Crippen MR) is 93.4 cm³/mol. The Morgan fingerprint density at radius 2 is 2.09 bits per heavy atom. The van der Waals surface area contributed by atoms with E-state index in [1.165, 1.54) is 0 Å². The van der Waals surface area contributed by atoms with Crippen LogP contribution in [-0.4, -0.2) is 28.8 Å². The minimum atomic E-state index is -0.129. The molecule has 1 aromatic carbocycles. The van der Waals surface area contributed by atoms with E-state index in [1.807, 2.05) is 32.0 Å². The van der Waals surface area contributed by atoms with Gasteiger partial charge < -0.3 is 10.1 Å². The van der Waals surface area contributed by atoms with Crippen LogP contribution in [0.4, 0.5) is 0 Å². The number of hydrogen-bond acceptors (Lipinski definition) is 3. The highest BCUT2D eigenvalue weighted by Crippen LogP contribution is 2.20. The number of carbonyl (C=O) groups is 1. The number of aryl methyl sites for hydroxylation is 2. The van der Waals surface area contributed by atoms with Gasteiger partial charge in [-0.15, -0.1) is 0 Å². The first-order valence-corrected chi connectivity index (χ1v) is 8.44. The van der Waals surface area contributed by atoms with Gasteiger partial charge in [-0.1, -0.05) is 30.3 Å². The Hall–Kier alpha value is -1.66. The maximum atomic E-state index is 12.2. The molecule has 1 amide bonds. The summed E-state index contributed by atoms with van der Waals surface area (Å²) in [6.45, 7) is 5.06. The van der Waals surface area contributed by atoms with Gasteiger partial charge in [-0.05, 0) is 41.8 Å². The van der Waals surface area contributed by atoms with E-state index in [-0.39, 0.29) is 12.0 Å². The second-order valence-corrected chi connectivity index (χ2v) is 6.20. The SMILES string of the molecule is Cc1nn(C)c(C(=O)NCCCO[C@H](C)c2ccccc2)c1Br. The zero-order valence-electron chi connectivity index (χ0n) is 13.7. The summed E-state index contributed by atoms with van der Waals surface area (Å²) in [6.07, 6.45) is 0.818. The van der Waals surface area contributed by atoms with E-state index in [4.69, 9.17) is 4.74 Å². The van der Waals surface area contributed by atoms with Crippen LogP contribution in [0.1, 0.15) is 41.2 Å². The molecule has 0 radical (unpaired) electrons.